The van der Waals surface area contributed by atoms with Gasteiger partial charge in [0, 0.05) is 0 Å². The molecule has 1 aromatic carbocycles. The lowest BCUT2D eigenvalue weighted by Gasteiger charge is -2.14. The highest BCUT2D eigenvalue weighted by Gasteiger charge is 2.15. The van der Waals surface area contributed by atoms with Gasteiger partial charge in [0.1, 0.15) is 5.75 Å². The molecule has 1 aromatic rings. The van der Waals surface area contributed by atoms with E-state index in [4.69, 9.17) is 10.00 Å². The lowest BCUT2D eigenvalue weighted by molar-refractivity contribution is 0.284. The van der Waals surface area contributed by atoms with Crippen molar-refractivity contribution in [2.45, 2.75) is 40.0 Å². The summed E-state index contributed by atoms with van der Waals surface area (Å²) in [5.41, 5.74) is 1.05. The van der Waals surface area contributed by atoms with E-state index in [1.807, 2.05) is 26.0 Å². The van der Waals surface area contributed by atoms with E-state index in [-0.39, 0.29) is 5.41 Å². The first kappa shape index (κ1) is 13.6. The van der Waals surface area contributed by atoms with Crippen molar-refractivity contribution in [2.75, 3.05) is 6.61 Å². The van der Waals surface area contributed by atoms with Gasteiger partial charge >= 0.3 is 0 Å². The van der Waals surface area contributed by atoms with E-state index in [1.165, 1.54) is 5.56 Å². The third-order valence-electron chi connectivity index (χ3n) is 2.82. The average molecular weight is 231 g/mol. The number of nitrogens with zero attached hydrogens (tertiary/aromatic N) is 1. The van der Waals surface area contributed by atoms with Crippen molar-refractivity contribution in [1.82, 2.24) is 0 Å². The minimum Gasteiger partial charge on any atom is -0.494 e. The lowest BCUT2D eigenvalue weighted by Crippen LogP contribution is -2.10. The number of hydrogen-bond acceptors (Lipinski definition) is 2. The van der Waals surface area contributed by atoms with Crippen LogP contribution in [0.1, 0.15) is 39.2 Å². The molecule has 0 saturated carbocycles. The molecule has 0 fully saturated rings. The van der Waals surface area contributed by atoms with Gasteiger partial charge in [0.05, 0.1) is 18.1 Å². The fourth-order valence-electron chi connectivity index (χ4n) is 1.62. The first-order valence-electron chi connectivity index (χ1n) is 6.20. The molecule has 2 nitrogen and oxygen atoms in total. The van der Waals surface area contributed by atoms with Crippen LogP contribution in [-0.2, 0) is 6.42 Å². The molecule has 0 amide bonds. The van der Waals surface area contributed by atoms with Crippen LogP contribution in [0.15, 0.2) is 24.3 Å². The monoisotopic (exact) mass is 231 g/mol. The SMILES string of the molecule is CCc1cccc(OCCCC(C)(C)C#N)c1. The zero-order valence-corrected chi connectivity index (χ0v) is 11.0. The Morgan fingerprint density at radius 1 is 1.35 bits per heavy atom. The van der Waals surface area contributed by atoms with Gasteiger partial charge in [0.2, 0.25) is 0 Å². The number of nitriles is 1. The third-order valence-corrected chi connectivity index (χ3v) is 2.82. The molecule has 0 atom stereocenters. The van der Waals surface area contributed by atoms with E-state index < -0.39 is 0 Å². The largest absolute Gasteiger partial charge is 0.494 e. The van der Waals surface area contributed by atoms with Crippen molar-refractivity contribution in [3.05, 3.63) is 29.8 Å². The summed E-state index contributed by atoms with van der Waals surface area (Å²) in [7, 11) is 0. The summed E-state index contributed by atoms with van der Waals surface area (Å²) >= 11 is 0. The zero-order valence-electron chi connectivity index (χ0n) is 11.0. The Hall–Kier alpha value is -1.49. The molecule has 0 aromatic heterocycles. The van der Waals surface area contributed by atoms with Gasteiger partial charge < -0.3 is 4.74 Å². The van der Waals surface area contributed by atoms with Gasteiger partial charge in [-0.25, -0.2) is 0 Å². The number of rotatable bonds is 6. The summed E-state index contributed by atoms with van der Waals surface area (Å²) in [6.45, 7) is 6.74. The van der Waals surface area contributed by atoms with Crippen LogP contribution in [0.25, 0.3) is 0 Å². The van der Waals surface area contributed by atoms with Crippen molar-refractivity contribution in [2.24, 2.45) is 5.41 Å². The molecule has 0 aliphatic rings. The molecule has 0 heterocycles. The van der Waals surface area contributed by atoms with Crippen LogP contribution >= 0.6 is 0 Å². The maximum Gasteiger partial charge on any atom is 0.119 e. The topological polar surface area (TPSA) is 33.0 Å². The van der Waals surface area contributed by atoms with E-state index >= 15 is 0 Å². The molecule has 0 unspecified atom stereocenters. The van der Waals surface area contributed by atoms with Crippen LogP contribution in [0.3, 0.4) is 0 Å². The fourth-order valence-corrected chi connectivity index (χ4v) is 1.62. The van der Waals surface area contributed by atoms with Crippen LogP contribution < -0.4 is 4.74 Å². The van der Waals surface area contributed by atoms with E-state index in [2.05, 4.69) is 25.1 Å². The number of benzene rings is 1. The van der Waals surface area contributed by atoms with Crippen LogP contribution in [0.2, 0.25) is 0 Å². The highest BCUT2D eigenvalue weighted by atomic mass is 16.5. The highest BCUT2D eigenvalue weighted by Crippen LogP contribution is 2.21. The second kappa shape index (κ2) is 6.30. The van der Waals surface area contributed by atoms with E-state index in [0.29, 0.717) is 6.61 Å². The standard InChI is InChI=1S/C15H21NO/c1-4-13-7-5-8-14(11-13)17-10-6-9-15(2,3)12-16/h5,7-8,11H,4,6,9-10H2,1-3H3. The van der Waals surface area contributed by atoms with E-state index in [1.54, 1.807) is 0 Å². The predicted octanol–water partition coefficient (Wildman–Crippen LogP) is 3.96. The Balaban J connectivity index is 2.34. The molecule has 0 aliphatic heterocycles. The van der Waals surface area contributed by atoms with Crippen molar-refractivity contribution in [3.8, 4) is 11.8 Å². The molecule has 1 rings (SSSR count). The molecular formula is C15H21NO. The van der Waals surface area contributed by atoms with Crippen molar-refractivity contribution in [3.63, 3.8) is 0 Å². The average Bonchev–Trinajstić information content (AvgIpc) is 2.35. The smallest absolute Gasteiger partial charge is 0.119 e. The molecule has 0 spiro atoms. The minimum absolute atomic E-state index is 0.241. The van der Waals surface area contributed by atoms with Gasteiger partial charge in [-0.15, -0.1) is 0 Å². The van der Waals surface area contributed by atoms with E-state index in [9.17, 15) is 0 Å². The van der Waals surface area contributed by atoms with Crippen molar-refractivity contribution < 1.29 is 4.74 Å². The fraction of sp³-hybridized carbons (Fsp3) is 0.533. The number of hydrogen-bond donors (Lipinski definition) is 0. The van der Waals surface area contributed by atoms with Crippen molar-refractivity contribution >= 4 is 0 Å². The molecule has 17 heavy (non-hydrogen) atoms. The molecule has 0 radical (unpaired) electrons. The van der Waals surface area contributed by atoms with Crippen LogP contribution in [-0.4, -0.2) is 6.61 Å². The quantitative estimate of drug-likeness (QED) is 0.694. The first-order chi connectivity index (χ1) is 8.07. The Morgan fingerprint density at radius 3 is 2.76 bits per heavy atom. The molecule has 92 valence electrons. The lowest BCUT2D eigenvalue weighted by atomic mass is 9.90. The zero-order chi connectivity index (χ0) is 12.7. The van der Waals surface area contributed by atoms with Gasteiger partial charge in [0.25, 0.3) is 0 Å². The minimum atomic E-state index is -0.241. The van der Waals surface area contributed by atoms with E-state index in [0.717, 1.165) is 25.0 Å². The molecule has 0 aliphatic carbocycles. The summed E-state index contributed by atoms with van der Waals surface area (Å²) in [5, 5.41) is 8.89. The molecule has 0 N–H and O–H groups in total. The van der Waals surface area contributed by atoms with Crippen LogP contribution in [0.5, 0.6) is 5.75 Å². The summed E-state index contributed by atoms with van der Waals surface area (Å²) in [4.78, 5) is 0. The summed E-state index contributed by atoms with van der Waals surface area (Å²) in [5.74, 6) is 0.930. The first-order valence-corrected chi connectivity index (χ1v) is 6.20. The Labute approximate surface area is 104 Å². The Bertz CT molecular complexity index is 390. The maximum atomic E-state index is 8.89. The summed E-state index contributed by atoms with van der Waals surface area (Å²) in [6, 6.07) is 10.5. The van der Waals surface area contributed by atoms with Crippen LogP contribution in [0, 0.1) is 16.7 Å². The Morgan fingerprint density at radius 2 is 2.12 bits per heavy atom. The molecule has 2 heteroatoms. The highest BCUT2D eigenvalue weighted by molar-refractivity contribution is 5.28. The summed E-state index contributed by atoms with van der Waals surface area (Å²) < 4.78 is 5.68. The van der Waals surface area contributed by atoms with Gasteiger partial charge in [0.15, 0.2) is 0 Å². The normalized spacial score (nSPS) is 10.9. The third kappa shape index (κ3) is 4.91. The number of aryl methyl sites for hydroxylation is 1. The second-order valence-electron chi connectivity index (χ2n) is 4.95. The Kier molecular flexibility index (Phi) is 5.03. The van der Waals surface area contributed by atoms with Gasteiger partial charge in [-0.2, -0.15) is 5.26 Å². The molecule has 0 bridgehead atoms. The van der Waals surface area contributed by atoms with Gasteiger partial charge in [-0.1, -0.05) is 19.1 Å². The summed E-state index contributed by atoms with van der Waals surface area (Å²) in [6.07, 6.45) is 2.81. The molecule has 0 saturated heterocycles. The number of ether oxygens (including phenoxy) is 1. The second-order valence-corrected chi connectivity index (χ2v) is 4.95. The van der Waals surface area contributed by atoms with Crippen LogP contribution in [0.4, 0.5) is 0 Å². The molecular weight excluding hydrogens is 210 g/mol. The van der Waals surface area contributed by atoms with Crippen molar-refractivity contribution in [1.29, 1.82) is 5.26 Å². The maximum absolute atomic E-state index is 8.89. The van der Waals surface area contributed by atoms with Gasteiger partial charge in [-0.3, -0.25) is 0 Å². The van der Waals surface area contributed by atoms with Gasteiger partial charge in [-0.05, 0) is 50.8 Å². The predicted molar refractivity (Wildman–Crippen MR) is 69.9 cm³/mol.